The van der Waals surface area contributed by atoms with E-state index in [2.05, 4.69) is 49.5 Å². The average molecular weight is 619 g/mol. The number of aryl methyl sites for hydroxylation is 2. The number of benzene rings is 2. The van der Waals surface area contributed by atoms with Gasteiger partial charge in [-0.05, 0) is 85.4 Å². The van der Waals surface area contributed by atoms with Crippen LogP contribution in [0.25, 0.3) is 0 Å². The van der Waals surface area contributed by atoms with Crippen LogP contribution in [0.1, 0.15) is 96.1 Å². The summed E-state index contributed by atoms with van der Waals surface area (Å²) in [6.45, 7) is 6.03. The highest BCUT2D eigenvalue weighted by atomic mass is 32.2. The van der Waals surface area contributed by atoms with E-state index in [0.717, 1.165) is 52.6 Å². The molecule has 2 aromatic rings. The zero-order chi connectivity index (χ0) is 30.6. The van der Waals surface area contributed by atoms with Crippen LogP contribution in [0.3, 0.4) is 0 Å². The molecule has 7 heteroatoms. The molecule has 0 radical (unpaired) electrons. The Morgan fingerprint density at radius 1 is 0.595 bits per heavy atom. The van der Waals surface area contributed by atoms with Gasteiger partial charge >= 0.3 is 5.97 Å². The Balaban J connectivity index is 1.72. The summed E-state index contributed by atoms with van der Waals surface area (Å²) < 4.78 is 21.5. The molecule has 0 spiro atoms. The lowest BCUT2D eigenvalue weighted by Gasteiger charge is -2.26. The van der Waals surface area contributed by atoms with Gasteiger partial charge in [0.05, 0.1) is 21.3 Å². The molecule has 0 saturated carbocycles. The van der Waals surface area contributed by atoms with Crippen molar-refractivity contribution < 1.29 is 23.7 Å². The topological polar surface area (TPSA) is 54.0 Å². The maximum Gasteiger partial charge on any atom is 0.308 e. The Kier molecular flexibility index (Phi) is 18.7. The van der Waals surface area contributed by atoms with Crippen molar-refractivity contribution in [1.29, 1.82) is 0 Å². The molecule has 5 nitrogen and oxygen atoms in total. The Morgan fingerprint density at radius 3 is 1.40 bits per heavy atom. The van der Waals surface area contributed by atoms with Gasteiger partial charge in [-0.2, -0.15) is 23.5 Å². The zero-order valence-electron chi connectivity index (χ0n) is 26.9. The fourth-order valence-corrected chi connectivity index (χ4v) is 8.06. The number of thioether (sulfide) groups is 2. The van der Waals surface area contributed by atoms with Crippen LogP contribution in [0.2, 0.25) is 0 Å². The SMILES string of the molecule is CCSC(CCCCCCCc1cc(OC)cc(OC)c1)C(CCCCCc1cc(OC)cc(OC(C)=O)c1)SCC. The molecule has 2 aromatic carbocycles. The maximum atomic E-state index is 11.4. The number of esters is 1. The van der Waals surface area contributed by atoms with E-state index < -0.39 is 0 Å². The first-order chi connectivity index (χ1) is 20.4. The Hall–Kier alpha value is -1.99. The normalized spacial score (nSPS) is 12.5. The van der Waals surface area contributed by atoms with Gasteiger partial charge in [0.2, 0.25) is 0 Å². The standard InChI is InChI=1S/C35H54O5S2/c1-7-41-34(19-15-11-9-10-13-17-28-21-30(37-4)25-31(22-28)38-5)35(42-8-2)20-16-12-14-18-29-23-32(39-6)26-33(24-29)40-27(3)36/h21-26,34-35H,7-20H2,1-6H3. The minimum absolute atomic E-state index is 0.306. The van der Waals surface area contributed by atoms with Gasteiger partial charge in [0, 0.05) is 29.6 Å². The molecule has 236 valence electrons. The van der Waals surface area contributed by atoms with Gasteiger partial charge in [0.1, 0.15) is 23.0 Å². The van der Waals surface area contributed by atoms with Crippen molar-refractivity contribution in [1.82, 2.24) is 0 Å². The van der Waals surface area contributed by atoms with E-state index in [0.29, 0.717) is 5.75 Å². The summed E-state index contributed by atoms with van der Waals surface area (Å²) in [5.74, 6) is 5.11. The smallest absolute Gasteiger partial charge is 0.308 e. The number of unbranched alkanes of at least 4 members (excludes halogenated alkanes) is 6. The van der Waals surface area contributed by atoms with E-state index in [4.69, 9.17) is 18.9 Å². The molecule has 2 atom stereocenters. The molecule has 0 aliphatic rings. The third kappa shape index (κ3) is 14.5. The van der Waals surface area contributed by atoms with Crippen molar-refractivity contribution in [3.8, 4) is 23.0 Å². The second kappa shape index (κ2) is 21.7. The van der Waals surface area contributed by atoms with Gasteiger partial charge in [0.15, 0.2) is 0 Å². The second-order valence-corrected chi connectivity index (χ2v) is 13.8. The molecule has 0 bridgehead atoms. The van der Waals surface area contributed by atoms with E-state index in [1.807, 2.05) is 18.2 Å². The Morgan fingerprint density at radius 2 is 0.976 bits per heavy atom. The minimum atomic E-state index is -0.306. The molecule has 0 aromatic heterocycles. The van der Waals surface area contributed by atoms with Crippen LogP contribution in [-0.4, -0.2) is 49.3 Å². The molecule has 2 unspecified atom stereocenters. The van der Waals surface area contributed by atoms with Crippen LogP contribution in [0.5, 0.6) is 23.0 Å². The van der Waals surface area contributed by atoms with Gasteiger partial charge in [-0.15, -0.1) is 0 Å². The van der Waals surface area contributed by atoms with Crippen molar-refractivity contribution >= 4 is 29.5 Å². The molecular weight excluding hydrogens is 565 g/mol. The summed E-state index contributed by atoms with van der Waals surface area (Å²) in [6.07, 6.45) is 14.7. The summed E-state index contributed by atoms with van der Waals surface area (Å²) in [4.78, 5) is 11.4. The summed E-state index contributed by atoms with van der Waals surface area (Å²) in [7, 11) is 5.07. The molecule has 0 fully saturated rings. The highest BCUT2D eigenvalue weighted by Gasteiger charge is 2.21. The lowest BCUT2D eigenvalue weighted by molar-refractivity contribution is -0.131. The predicted molar refractivity (Wildman–Crippen MR) is 181 cm³/mol. The highest BCUT2D eigenvalue weighted by Crippen LogP contribution is 2.33. The highest BCUT2D eigenvalue weighted by molar-refractivity contribution is 8.03. The number of methoxy groups -OCH3 is 3. The molecular formula is C35H54O5S2. The summed E-state index contributed by atoms with van der Waals surface area (Å²) >= 11 is 4.33. The molecule has 0 saturated heterocycles. The number of carbonyl (C=O) groups excluding carboxylic acids is 1. The molecule has 0 aliphatic carbocycles. The fourth-order valence-electron chi connectivity index (χ4n) is 5.37. The third-order valence-electron chi connectivity index (χ3n) is 7.43. The first kappa shape index (κ1) is 36.2. The number of ether oxygens (including phenoxy) is 4. The number of hydrogen-bond donors (Lipinski definition) is 0. The predicted octanol–water partition coefficient (Wildman–Crippen LogP) is 9.57. The minimum Gasteiger partial charge on any atom is -0.497 e. The molecule has 2 rings (SSSR count). The van der Waals surface area contributed by atoms with Crippen molar-refractivity contribution in [3.05, 3.63) is 47.5 Å². The van der Waals surface area contributed by atoms with Crippen molar-refractivity contribution in [2.45, 2.75) is 108 Å². The lowest BCUT2D eigenvalue weighted by Crippen LogP contribution is -2.21. The van der Waals surface area contributed by atoms with Crippen LogP contribution in [-0.2, 0) is 17.6 Å². The first-order valence-corrected chi connectivity index (χ1v) is 17.8. The monoisotopic (exact) mass is 618 g/mol. The zero-order valence-corrected chi connectivity index (χ0v) is 28.5. The Labute approximate surface area is 264 Å². The summed E-state index contributed by atoms with van der Waals surface area (Å²) in [5.41, 5.74) is 2.45. The van der Waals surface area contributed by atoms with Crippen molar-refractivity contribution in [2.75, 3.05) is 32.8 Å². The van der Waals surface area contributed by atoms with E-state index in [1.165, 1.54) is 81.8 Å². The number of hydrogen-bond acceptors (Lipinski definition) is 7. The van der Waals surface area contributed by atoms with E-state index >= 15 is 0 Å². The lowest BCUT2D eigenvalue weighted by atomic mass is 10.0. The van der Waals surface area contributed by atoms with Gasteiger partial charge in [-0.3, -0.25) is 4.79 Å². The van der Waals surface area contributed by atoms with Crippen LogP contribution >= 0.6 is 23.5 Å². The maximum absolute atomic E-state index is 11.4. The Bertz CT molecular complexity index is 1010. The summed E-state index contributed by atoms with van der Waals surface area (Å²) in [5, 5.41) is 1.48. The van der Waals surface area contributed by atoms with Gasteiger partial charge in [0.25, 0.3) is 0 Å². The molecule has 0 heterocycles. The van der Waals surface area contributed by atoms with E-state index in [1.54, 1.807) is 27.4 Å². The second-order valence-electron chi connectivity index (χ2n) is 10.7. The number of rotatable bonds is 23. The largest absolute Gasteiger partial charge is 0.497 e. The molecule has 0 amide bonds. The van der Waals surface area contributed by atoms with Crippen LogP contribution in [0.4, 0.5) is 0 Å². The van der Waals surface area contributed by atoms with Crippen molar-refractivity contribution in [2.24, 2.45) is 0 Å². The van der Waals surface area contributed by atoms with E-state index in [9.17, 15) is 4.79 Å². The third-order valence-corrected chi connectivity index (χ3v) is 10.3. The van der Waals surface area contributed by atoms with Crippen molar-refractivity contribution in [3.63, 3.8) is 0 Å². The first-order valence-electron chi connectivity index (χ1n) is 15.7. The van der Waals surface area contributed by atoms with Crippen LogP contribution in [0.15, 0.2) is 36.4 Å². The summed E-state index contributed by atoms with van der Waals surface area (Å²) in [6, 6.07) is 12.0. The van der Waals surface area contributed by atoms with Crippen LogP contribution < -0.4 is 18.9 Å². The molecule has 0 aliphatic heterocycles. The fraction of sp³-hybridized carbons (Fsp3) is 0.629. The number of carbonyl (C=O) groups is 1. The quantitative estimate of drug-likeness (QED) is 0.0698. The average Bonchev–Trinajstić information content (AvgIpc) is 2.98. The van der Waals surface area contributed by atoms with Gasteiger partial charge in [-0.1, -0.05) is 52.4 Å². The van der Waals surface area contributed by atoms with Gasteiger partial charge in [-0.25, -0.2) is 0 Å². The molecule has 42 heavy (non-hydrogen) atoms. The molecule has 0 N–H and O–H groups in total. The van der Waals surface area contributed by atoms with Crippen LogP contribution in [0, 0.1) is 0 Å². The van der Waals surface area contributed by atoms with E-state index in [-0.39, 0.29) is 5.97 Å². The van der Waals surface area contributed by atoms with Gasteiger partial charge < -0.3 is 18.9 Å².